The molecule has 0 atom stereocenters. The molecule has 0 saturated carbocycles. The van der Waals surface area contributed by atoms with Gasteiger partial charge in [0.25, 0.3) is 0 Å². The molecule has 0 saturated heterocycles. The lowest BCUT2D eigenvalue weighted by Crippen LogP contribution is -2.39. The van der Waals surface area contributed by atoms with Gasteiger partial charge in [0.1, 0.15) is 0 Å². The molecule has 0 amide bonds. The van der Waals surface area contributed by atoms with Crippen LogP contribution >= 0.6 is 12.4 Å². The van der Waals surface area contributed by atoms with Crippen molar-refractivity contribution in [2.75, 3.05) is 24.6 Å². The van der Waals surface area contributed by atoms with E-state index in [4.69, 9.17) is 11.5 Å². The summed E-state index contributed by atoms with van der Waals surface area (Å²) in [5, 5.41) is 9.86. The smallest absolute Gasteiger partial charge is 0.240 e. The lowest BCUT2D eigenvalue weighted by Gasteiger charge is -2.14. The number of nitrogens with one attached hydrogen (secondary N) is 2. The van der Waals surface area contributed by atoms with Gasteiger partial charge in [0, 0.05) is 24.5 Å². The fraction of sp³-hybridized carbons (Fsp3) is 0.200. The normalized spacial score (nSPS) is 11.9. The third kappa shape index (κ3) is 6.65. The summed E-state index contributed by atoms with van der Waals surface area (Å²) in [6, 6.07) is 11.1. The van der Waals surface area contributed by atoms with Crippen LogP contribution in [-0.4, -0.2) is 41.1 Å². The molecule has 2 aromatic carbocycles. The van der Waals surface area contributed by atoms with Crippen molar-refractivity contribution in [1.82, 2.24) is 9.44 Å². The van der Waals surface area contributed by atoms with Crippen LogP contribution in [0.4, 0.5) is 11.4 Å². The van der Waals surface area contributed by atoms with Crippen molar-refractivity contribution < 1.29 is 21.9 Å². The highest BCUT2D eigenvalue weighted by molar-refractivity contribution is 7.89. The minimum atomic E-state index is -3.84. The van der Waals surface area contributed by atoms with E-state index in [9.17, 15) is 21.9 Å². The monoisotopic (exact) mass is 436 g/mol. The first-order chi connectivity index (χ1) is 12.1. The predicted molar refractivity (Wildman–Crippen MR) is 105 cm³/mol. The highest BCUT2D eigenvalue weighted by Gasteiger charge is 2.18. The molecule has 0 spiro atoms. The van der Waals surface area contributed by atoms with Crippen LogP contribution < -0.4 is 20.9 Å². The van der Waals surface area contributed by atoms with Gasteiger partial charge in [-0.3, -0.25) is 0 Å². The molecule has 0 heterocycles. The van der Waals surface area contributed by atoms with Gasteiger partial charge in [-0.25, -0.2) is 26.3 Å². The summed E-state index contributed by atoms with van der Waals surface area (Å²) in [6.07, 6.45) is -1.26. The van der Waals surface area contributed by atoms with Gasteiger partial charge < -0.3 is 16.6 Å². The molecule has 0 bridgehead atoms. The zero-order valence-electron chi connectivity index (χ0n) is 14.1. The summed E-state index contributed by atoms with van der Waals surface area (Å²) >= 11 is 0. The van der Waals surface area contributed by atoms with E-state index in [1.165, 1.54) is 48.5 Å². The Labute approximate surface area is 164 Å². The summed E-state index contributed by atoms with van der Waals surface area (Å²) in [6.45, 7) is -0.728. The largest absolute Gasteiger partial charge is 0.399 e. The van der Waals surface area contributed by atoms with E-state index in [1.807, 2.05) is 0 Å². The minimum Gasteiger partial charge on any atom is -0.399 e. The Balaban J connectivity index is 0.00000364. The average Bonchev–Trinajstić information content (AvgIpc) is 2.59. The lowest BCUT2D eigenvalue weighted by molar-refractivity contribution is 0.182. The van der Waals surface area contributed by atoms with Crippen molar-refractivity contribution in [2.45, 2.75) is 15.9 Å². The first-order valence-electron chi connectivity index (χ1n) is 7.49. The maximum Gasteiger partial charge on any atom is 0.240 e. The van der Waals surface area contributed by atoms with E-state index < -0.39 is 26.2 Å². The molecule has 0 aromatic heterocycles. The van der Waals surface area contributed by atoms with E-state index in [1.54, 1.807) is 0 Å². The van der Waals surface area contributed by atoms with E-state index in [2.05, 4.69) is 9.44 Å². The molecule has 7 N–H and O–H groups in total. The Morgan fingerprint density at radius 3 is 1.33 bits per heavy atom. The summed E-state index contributed by atoms with van der Waals surface area (Å²) in [5.74, 6) is 0. The molecule has 0 aliphatic rings. The van der Waals surface area contributed by atoms with Gasteiger partial charge >= 0.3 is 0 Å². The Bertz CT molecular complexity index is 869. The van der Waals surface area contributed by atoms with Crippen LogP contribution in [0.3, 0.4) is 0 Å². The van der Waals surface area contributed by atoms with Crippen LogP contribution in [0, 0.1) is 0 Å². The maximum absolute atomic E-state index is 12.1. The number of rotatable bonds is 8. The van der Waals surface area contributed by atoms with E-state index in [0.29, 0.717) is 11.4 Å². The summed E-state index contributed by atoms with van der Waals surface area (Å²) < 4.78 is 52.8. The number of aliphatic hydroxyl groups excluding tert-OH is 1. The highest BCUT2D eigenvalue weighted by atomic mass is 35.5. The number of aliphatic hydroxyl groups is 1. The van der Waals surface area contributed by atoms with Gasteiger partial charge in [-0.05, 0) is 48.5 Å². The SMILES string of the molecule is Cl.Nc1ccc(S(=O)(=O)NCC(O)CNS(=O)(=O)c2ccc(N)cc2)cc1. The predicted octanol–water partition coefficient (Wildman–Crippen LogP) is -0.109. The summed E-state index contributed by atoms with van der Waals surface area (Å²) in [5.41, 5.74) is 11.8. The van der Waals surface area contributed by atoms with Crippen molar-refractivity contribution in [3.63, 3.8) is 0 Å². The third-order valence-electron chi connectivity index (χ3n) is 3.40. The van der Waals surface area contributed by atoms with Gasteiger partial charge in [0.15, 0.2) is 0 Å². The zero-order chi connectivity index (χ0) is 19.4. The summed E-state index contributed by atoms with van der Waals surface area (Å²) in [7, 11) is -7.68. The minimum absolute atomic E-state index is 0. The number of nitrogen functional groups attached to an aromatic ring is 2. The van der Waals surface area contributed by atoms with Gasteiger partial charge in [-0.15, -0.1) is 12.4 Å². The second-order valence-electron chi connectivity index (χ2n) is 5.50. The van der Waals surface area contributed by atoms with E-state index in [0.717, 1.165) is 0 Å². The molecule has 9 nitrogen and oxygen atoms in total. The zero-order valence-corrected chi connectivity index (χ0v) is 16.5. The maximum atomic E-state index is 12.1. The van der Waals surface area contributed by atoms with Crippen LogP contribution in [-0.2, 0) is 20.0 Å². The molecule has 150 valence electrons. The number of hydrogen-bond acceptors (Lipinski definition) is 7. The van der Waals surface area contributed by atoms with Gasteiger partial charge in [0.2, 0.25) is 20.0 Å². The molecule has 12 heteroatoms. The van der Waals surface area contributed by atoms with Crippen LogP contribution in [0.15, 0.2) is 58.3 Å². The quantitative estimate of drug-likeness (QED) is 0.360. The topological polar surface area (TPSA) is 165 Å². The lowest BCUT2D eigenvalue weighted by atomic mass is 10.3. The fourth-order valence-corrected chi connectivity index (χ4v) is 4.09. The number of nitrogens with two attached hydrogens (primary N) is 2. The number of halogens is 1. The van der Waals surface area contributed by atoms with Crippen molar-refractivity contribution in [3.8, 4) is 0 Å². The molecule has 0 unspecified atom stereocenters. The van der Waals surface area contributed by atoms with Crippen LogP contribution in [0.2, 0.25) is 0 Å². The first kappa shape index (κ1) is 23.1. The number of benzene rings is 2. The highest BCUT2D eigenvalue weighted by Crippen LogP contribution is 2.12. The molecule has 27 heavy (non-hydrogen) atoms. The van der Waals surface area contributed by atoms with Gasteiger partial charge in [-0.2, -0.15) is 0 Å². The second-order valence-corrected chi connectivity index (χ2v) is 9.03. The molecule has 0 aliphatic heterocycles. The third-order valence-corrected chi connectivity index (χ3v) is 6.28. The molecule has 0 aliphatic carbocycles. The molecular weight excluding hydrogens is 416 g/mol. The Morgan fingerprint density at radius 2 is 1.04 bits per heavy atom. The van der Waals surface area contributed by atoms with E-state index in [-0.39, 0.29) is 35.3 Å². The second kappa shape index (κ2) is 9.35. The van der Waals surface area contributed by atoms with Gasteiger partial charge in [0.05, 0.1) is 15.9 Å². The molecule has 0 fully saturated rings. The van der Waals surface area contributed by atoms with Crippen molar-refractivity contribution >= 4 is 43.8 Å². The van der Waals surface area contributed by atoms with Crippen molar-refractivity contribution in [3.05, 3.63) is 48.5 Å². The fourth-order valence-electron chi connectivity index (χ4n) is 1.94. The molecule has 0 radical (unpaired) electrons. The number of hydrogen-bond donors (Lipinski definition) is 5. The number of sulfonamides is 2. The first-order valence-corrected chi connectivity index (χ1v) is 10.5. The Morgan fingerprint density at radius 1 is 0.741 bits per heavy atom. The van der Waals surface area contributed by atoms with Crippen molar-refractivity contribution in [2.24, 2.45) is 0 Å². The van der Waals surface area contributed by atoms with Crippen LogP contribution in [0.25, 0.3) is 0 Å². The average molecular weight is 437 g/mol. The van der Waals surface area contributed by atoms with Crippen molar-refractivity contribution in [1.29, 1.82) is 0 Å². The Kier molecular flexibility index (Phi) is 8.02. The standard InChI is InChI=1S/C15H20N4O5S2.ClH/c16-11-1-5-14(6-2-11)25(21,22)18-9-13(20)10-19-26(23,24)15-7-3-12(17)4-8-15;/h1-8,13,18-20H,9-10,16-17H2;1H. The van der Waals surface area contributed by atoms with Gasteiger partial charge in [-0.1, -0.05) is 0 Å². The molecular formula is C15H21ClN4O5S2. The molecule has 2 aromatic rings. The van der Waals surface area contributed by atoms with E-state index >= 15 is 0 Å². The van der Waals surface area contributed by atoms with Crippen LogP contribution in [0.5, 0.6) is 0 Å². The number of anilines is 2. The summed E-state index contributed by atoms with van der Waals surface area (Å²) in [4.78, 5) is -0.0253. The Hall–Kier alpha value is -1.89. The molecule has 2 rings (SSSR count). The van der Waals surface area contributed by atoms with Crippen LogP contribution in [0.1, 0.15) is 0 Å².